The van der Waals surface area contributed by atoms with Crippen LogP contribution in [0.15, 0.2) is 52.4 Å². The predicted octanol–water partition coefficient (Wildman–Crippen LogP) is 5.53. The number of carbonyl (C=O) groups is 1. The van der Waals surface area contributed by atoms with Gasteiger partial charge in [0.1, 0.15) is 0 Å². The molecule has 2 heterocycles. The van der Waals surface area contributed by atoms with Crippen molar-refractivity contribution in [3.63, 3.8) is 0 Å². The van der Waals surface area contributed by atoms with Crippen LogP contribution in [0.3, 0.4) is 0 Å². The van der Waals surface area contributed by atoms with Crippen LogP contribution in [-0.4, -0.2) is 36.1 Å². The number of benzene rings is 2. The quantitative estimate of drug-likeness (QED) is 0.630. The Morgan fingerprint density at radius 1 is 0.966 bits per heavy atom. The topological polar surface area (TPSA) is 35.9 Å². The molecule has 0 radical (unpaired) electrons. The van der Waals surface area contributed by atoms with Gasteiger partial charge in [0.2, 0.25) is 0 Å². The van der Waals surface area contributed by atoms with Crippen molar-refractivity contribution in [2.45, 2.75) is 33.1 Å². The van der Waals surface area contributed by atoms with Crippen molar-refractivity contribution in [3.8, 4) is 0 Å². The maximum Gasteiger partial charge on any atom is 0.266 e. The minimum absolute atomic E-state index is 0.00164. The predicted molar refractivity (Wildman–Crippen MR) is 124 cm³/mol. The van der Waals surface area contributed by atoms with Gasteiger partial charge < -0.3 is 4.90 Å². The molecule has 2 aromatic rings. The molecule has 4 nitrogen and oxygen atoms in total. The lowest BCUT2D eigenvalue weighted by Gasteiger charge is -2.28. The highest BCUT2D eigenvalue weighted by atomic mass is 32.2. The maximum absolute atomic E-state index is 12.7. The van der Waals surface area contributed by atoms with E-state index in [1.807, 2.05) is 18.2 Å². The Bertz CT molecular complexity index is 952. The van der Waals surface area contributed by atoms with Gasteiger partial charge in [-0.1, -0.05) is 18.2 Å². The number of hydrogen-bond donors (Lipinski definition) is 0. The van der Waals surface area contributed by atoms with E-state index in [1.165, 1.54) is 47.8 Å². The van der Waals surface area contributed by atoms with E-state index in [1.54, 1.807) is 11.9 Å². The number of nitrogens with zero attached hydrogens (tertiary/aromatic N) is 3. The first kappa shape index (κ1) is 19.8. The van der Waals surface area contributed by atoms with Crippen LogP contribution in [0.5, 0.6) is 0 Å². The summed E-state index contributed by atoms with van der Waals surface area (Å²) < 4.78 is 0. The van der Waals surface area contributed by atoms with Crippen molar-refractivity contribution >= 4 is 40.3 Å². The molecular formula is C24H27N3OS. The summed E-state index contributed by atoms with van der Waals surface area (Å²) in [5.41, 5.74) is 5.54. The first-order valence-corrected chi connectivity index (χ1v) is 11.0. The van der Waals surface area contributed by atoms with Crippen LogP contribution in [0.2, 0.25) is 0 Å². The monoisotopic (exact) mass is 405 g/mol. The molecule has 1 amide bonds. The number of hydrogen-bond acceptors (Lipinski definition) is 4. The molecule has 0 unspecified atom stereocenters. The molecule has 4 rings (SSSR count). The molecular weight excluding hydrogens is 378 g/mol. The Balaban J connectivity index is 1.53. The average Bonchev–Trinajstić information content (AvgIpc) is 2.96. The van der Waals surface area contributed by atoms with E-state index in [2.05, 4.69) is 49.1 Å². The third kappa shape index (κ3) is 4.56. The number of carbonyl (C=O) groups excluding carboxylic acids is 1. The number of amides is 1. The lowest BCUT2D eigenvalue weighted by molar-refractivity contribution is -0.121. The Morgan fingerprint density at radius 3 is 2.28 bits per heavy atom. The lowest BCUT2D eigenvalue weighted by atomic mass is 10.1. The number of rotatable bonds is 3. The molecule has 2 aliphatic rings. The first-order chi connectivity index (χ1) is 14.0. The fourth-order valence-corrected chi connectivity index (χ4v) is 4.85. The van der Waals surface area contributed by atoms with Gasteiger partial charge in [0, 0.05) is 25.8 Å². The molecule has 2 fully saturated rings. The normalized spacial score (nSPS) is 20.2. The first-order valence-electron chi connectivity index (χ1n) is 10.2. The highest BCUT2D eigenvalue weighted by molar-refractivity contribution is 8.18. The zero-order valence-electron chi connectivity index (χ0n) is 17.3. The van der Waals surface area contributed by atoms with Gasteiger partial charge in [-0.25, -0.2) is 4.99 Å². The van der Waals surface area contributed by atoms with Crippen LogP contribution in [-0.2, 0) is 4.79 Å². The number of piperidine rings is 1. The molecule has 0 spiro atoms. The molecule has 0 N–H and O–H groups in total. The molecule has 2 aliphatic heterocycles. The smallest absolute Gasteiger partial charge is 0.266 e. The fourth-order valence-electron chi connectivity index (χ4n) is 3.86. The minimum Gasteiger partial charge on any atom is -0.372 e. The number of amidine groups is 1. The molecule has 2 aromatic carbocycles. The molecule has 0 saturated carbocycles. The minimum atomic E-state index is -0.00164. The van der Waals surface area contributed by atoms with Crippen molar-refractivity contribution in [2.24, 2.45) is 4.99 Å². The van der Waals surface area contributed by atoms with Crippen molar-refractivity contribution in [3.05, 3.63) is 64.1 Å². The Hall–Kier alpha value is -2.53. The van der Waals surface area contributed by atoms with Crippen LogP contribution in [0, 0.1) is 13.8 Å². The molecule has 2 saturated heterocycles. The lowest BCUT2D eigenvalue weighted by Crippen LogP contribution is -2.29. The van der Waals surface area contributed by atoms with Gasteiger partial charge in [0.05, 0.1) is 10.6 Å². The van der Waals surface area contributed by atoms with Crippen LogP contribution >= 0.6 is 11.8 Å². The highest BCUT2D eigenvalue weighted by Gasteiger charge is 2.30. The SMILES string of the molecule is Cc1cc(C)cc(N=C2S/C(=C\c3ccc(N4CCCCC4)cc3)C(=O)N2C)c1. The van der Waals surface area contributed by atoms with Crippen molar-refractivity contribution in [1.29, 1.82) is 0 Å². The van der Waals surface area contributed by atoms with Crippen LogP contribution < -0.4 is 4.90 Å². The molecule has 0 bridgehead atoms. The summed E-state index contributed by atoms with van der Waals surface area (Å²) in [6.45, 7) is 6.40. The standard InChI is InChI=1S/C24H27N3OS/c1-17-13-18(2)15-20(14-17)25-24-26(3)23(28)22(29-24)16-19-7-9-21(10-8-19)27-11-5-4-6-12-27/h7-10,13-16H,4-6,11-12H2,1-3H3/b22-16-,25-24?. The second kappa shape index (κ2) is 8.46. The fraction of sp³-hybridized carbons (Fsp3) is 0.333. The second-order valence-electron chi connectivity index (χ2n) is 7.85. The molecule has 0 aliphatic carbocycles. The summed E-state index contributed by atoms with van der Waals surface area (Å²) in [5.74, 6) is -0.00164. The number of aryl methyl sites for hydroxylation is 2. The van der Waals surface area contributed by atoms with Gasteiger partial charge in [-0.05, 0) is 91.9 Å². The zero-order chi connectivity index (χ0) is 20.4. The van der Waals surface area contributed by atoms with E-state index in [4.69, 9.17) is 4.99 Å². The van der Waals surface area contributed by atoms with E-state index in [0.29, 0.717) is 4.91 Å². The third-order valence-corrected chi connectivity index (χ3v) is 6.41. The van der Waals surface area contributed by atoms with E-state index < -0.39 is 0 Å². The van der Waals surface area contributed by atoms with Gasteiger partial charge in [-0.2, -0.15) is 0 Å². The molecule has 5 heteroatoms. The molecule has 0 atom stereocenters. The highest BCUT2D eigenvalue weighted by Crippen LogP contribution is 2.33. The Morgan fingerprint density at radius 2 is 1.62 bits per heavy atom. The van der Waals surface area contributed by atoms with E-state index in [0.717, 1.165) is 29.5 Å². The van der Waals surface area contributed by atoms with Gasteiger partial charge in [-0.3, -0.25) is 9.69 Å². The third-order valence-electron chi connectivity index (χ3n) is 5.35. The van der Waals surface area contributed by atoms with E-state index in [9.17, 15) is 4.79 Å². The summed E-state index contributed by atoms with van der Waals surface area (Å²) >= 11 is 1.44. The molecule has 0 aromatic heterocycles. The second-order valence-corrected chi connectivity index (χ2v) is 8.86. The van der Waals surface area contributed by atoms with Gasteiger partial charge in [-0.15, -0.1) is 0 Å². The summed E-state index contributed by atoms with van der Waals surface area (Å²) in [6, 6.07) is 14.7. The van der Waals surface area contributed by atoms with Crippen LogP contribution in [0.4, 0.5) is 11.4 Å². The summed E-state index contributed by atoms with van der Waals surface area (Å²) in [4.78, 5) is 22.2. The number of thioether (sulfide) groups is 1. The van der Waals surface area contributed by atoms with Gasteiger partial charge >= 0.3 is 0 Å². The zero-order valence-corrected chi connectivity index (χ0v) is 18.1. The largest absolute Gasteiger partial charge is 0.372 e. The molecule has 29 heavy (non-hydrogen) atoms. The van der Waals surface area contributed by atoms with E-state index in [-0.39, 0.29) is 5.91 Å². The maximum atomic E-state index is 12.7. The Kier molecular flexibility index (Phi) is 5.76. The van der Waals surface area contributed by atoms with Gasteiger partial charge in [0.25, 0.3) is 5.91 Å². The number of aliphatic imine (C=N–C) groups is 1. The summed E-state index contributed by atoms with van der Waals surface area (Å²) in [6.07, 6.45) is 5.84. The molecule has 150 valence electrons. The summed E-state index contributed by atoms with van der Waals surface area (Å²) in [7, 11) is 1.79. The van der Waals surface area contributed by atoms with Crippen molar-refractivity contribution in [1.82, 2.24) is 4.90 Å². The van der Waals surface area contributed by atoms with Crippen molar-refractivity contribution < 1.29 is 4.79 Å². The average molecular weight is 406 g/mol. The summed E-state index contributed by atoms with van der Waals surface area (Å²) in [5, 5.41) is 0.719. The number of anilines is 1. The Labute approximate surface area is 177 Å². The van der Waals surface area contributed by atoms with Crippen molar-refractivity contribution in [2.75, 3.05) is 25.0 Å². The number of likely N-dealkylation sites (N-methyl/N-ethyl adjacent to an activating group) is 1. The van der Waals surface area contributed by atoms with Crippen LogP contribution in [0.25, 0.3) is 6.08 Å². The van der Waals surface area contributed by atoms with Gasteiger partial charge in [0.15, 0.2) is 5.17 Å². The van der Waals surface area contributed by atoms with E-state index >= 15 is 0 Å². The van der Waals surface area contributed by atoms with Crippen LogP contribution in [0.1, 0.15) is 36.0 Å².